The lowest BCUT2D eigenvalue weighted by Crippen LogP contribution is -2.34. The highest BCUT2D eigenvalue weighted by Gasteiger charge is 2.18. The lowest BCUT2D eigenvalue weighted by atomic mass is 10.2. The lowest BCUT2D eigenvalue weighted by Gasteiger charge is -2.12. The van der Waals surface area contributed by atoms with E-state index in [1.807, 2.05) is 24.3 Å². The van der Waals surface area contributed by atoms with E-state index in [4.69, 9.17) is 28.6 Å². The van der Waals surface area contributed by atoms with Crippen LogP contribution in [0.2, 0.25) is 5.02 Å². The zero-order valence-electron chi connectivity index (χ0n) is 16.4. The molecule has 160 valence electrons. The van der Waals surface area contributed by atoms with Crippen LogP contribution < -0.4 is 16.0 Å². The molecule has 2 heterocycles. The van der Waals surface area contributed by atoms with Gasteiger partial charge < -0.3 is 15.4 Å². The maximum atomic E-state index is 12.6. The van der Waals surface area contributed by atoms with Crippen molar-refractivity contribution in [3.63, 3.8) is 0 Å². The standard InChI is InChI=1S/C22H20ClN3O3S2/c23-18-16-5-1-2-6-17(16)31-19(18)21(28)26-22(30)25-14-9-7-13(8-10-14)20(27)24-12-15-4-3-11-29-15/h1-2,5-10,15H,3-4,11-12H2,(H,24,27)(H2,25,26,28,30). The number of amides is 2. The van der Waals surface area contributed by atoms with Crippen molar-refractivity contribution in [1.29, 1.82) is 0 Å². The third-order valence-electron chi connectivity index (χ3n) is 4.89. The van der Waals surface area contributed by atoms with Gasteiger partial charge in [-0.2, -0.15) is 0 Å². The maximum absolute atomic E-state index is 12.6. The second-order valence-electron chi connectivity index (χ2n) is 7.07. The molecule has 2 aromatic carbocycles. The summed E-state index contributed by atoms with van der Waals surface area (Å²) in [5.41, 5.74) is 1.19. The molecule has 31 heavy (non-hydrogen) atoms. The highest BCUT2D eigenvalue weighted by Crippen LogP contribution is 2.34. The van der Waals surface area contributed by atoms with E-state index in [2.05, 4.69) is 16.0 Å². The van der Waals surface area contributed by atoms with Crippen molar-refractivity contribution in [2.75, 3.05) is 18.5 Å². The summed E-state index contributed by atoms with van der Waals surface area (Å²) in [7, 11) is 0. The molecule has 1 aromatic heterocycles. The van der Waals surface area contributed by atoms with Crippen molar-refractivity contribution in [3.8, 4) is 0 Å². The molecule has 0 spiro atoms. The van der Waals surface area contributed by atoms with Crippen molar-refractivity contribution < 1.29 is 14.3 Å². The van der Waals surface area contributed by atoms with E-state index in [-0.39, 0.29) is 23.0 Å². The van der Waals surface area contributed by atoms with Gasteiger partial charge in [0.2, 0.25) is 0 Å². The molecule has 9 heteroatoms. The fourth-order valence-electron chi connectivity index (χ4n) is 3.30. The fraction of sp³-hybridized carbons (Fsp3) is 0.227. The molecule has 4 rings (SSSR count). The Morgan fingerprint density at radius 3 is 2.61 bits per heavy atom. The minimum Gasteiger partial charge on any atom is -0.376 e. The molecule has 1 aliphatic rings. The summed E-state index contributed by atoms with van der Waals surface area (Å²) in [6.45, 7) is 1.27. The van der Waals surface area contributed by atoms with E-state index in [1.165, 1.54) is 11.3 Å². The first-order chi connectivity index (χ1) is 15.0. The third-order valence-corrected chi connectivity index (χ3v) is 6.77. The number of thiocarbonyl (C=S) groups is 1. The van der Waals surface area contributed by atoms with Gasteiger partial charge >= 0.3 is 0 Å². The van der Waals surface area contributed by atoms with Crippen LogP contribution in [0.1, 0.15) is 32.9 Å². The molecular weight excluding hydrogens is 454 g/mol. The quantitative estimate of drug-likeness (QED) is 0.472. The average Bonchev–Trinajstić information content (AvgIpc) is 3.41. The number of carbonyl (C=O) groups is 2. The fourth-order valence-corrected chi connectivity index (χ4v) is 4.92. The van der Waals surface area contributed by atoms with Crippen molar-refractivity contribution in [2.45, 2.75) is 18.9 Å². The molecule has 0 saturated carbocycles. The van der Waals surface area contributed by atoms with Gasteiger partial charge in [-0.05, 0) is 55.4 Å². The van der Waals surface area contributed by atoms with Crippen LogP contribution in [-0.4, -0.2) is 36.2 Å². The van der Waals surface area contributed by atoms with Crippen LogP contribution in [0.5, 0.6) is 0 Å². The van der Waals surface area contributed by atoms with Crippen LogP contribution in [0.3, 0.4) is 0 Å². The molecule has 1 unspecified atom stereocenters. The van der Waals surface area contributed by atoms with E-state index < -0.39 is 0 Å². The van der Waals surface area contributed by atoms with Gasteiger partial charge in [-0.25, -0.2) is 0 Å². The van der Waals surface area contributed by atoms with Gasteiger partial charge in [-0.15, -0.1) is 11.3 Å². The highest BCUT2D eigenvalue weighted by molar-refractivity contribution is 7.80. The molecule has 1 aliphatic heterocycles. The molecule has 0 radical (unpaired) electrons. The minimum absolute atomic E-state index is 0.0975. The second kappa shape index (κ2) is 9.74. The molecule has 0 aliphatic carbocycles. The first-order valence-corrected chi connectivity index (χ1v) is 11.4. The number of benzene rings is 2. The highest BCUT2D eigenvalue weighted by atomic mass is 35.5. The van der Waals surface area contributed by atoms with Gasteiger partial charge in [0.05, 0.1) is 11.1 Å². The maximum Gasteiger partial charge on any atom is 0.269 e. The first-order valence-electron chi connectivity index (χ1n) is 9.80. The number of halogens is 1. The van der Waals surface area contributed by atoms with Crippen molar-refractivity contribution in [2.24, 2.45) is 0 Å². The third kappa shape index (κ3) is 5.22. The van der Waals surface area contributed by atoms with Crippen molar-refractivity contribution in [1.82, 2.24) is 10.6 Å². The summed E-state index contributed by atoms with van der Waals surface area (Å²) in [5, 5.41) is 9.88. The Balaban J connectivity index is 1.32. The zero-order valence-corrected chi connectivity index (χ0v) is 18.8. The SMILES string of the molecule is O=C(NCC1CCCO1)c1ccc(NC(=S)NC(=O)c2sc3ccccc3c2Cl)cc1. The van der Waals surface area contributed by atoms with Gasteiger partial charge in [0, 0.05) is 34.5 Å². The van der Waals surface area contributed by atoms with Crippen LogP contribution in [0.15, 0.2) is 48.5 Å². The van der Waals surface area contributed by atoms with Crippen LogP contribution >= 0.6 is 35.2 Å². The second-order valence-corrected chi connectivity index (χ2v) is 8.91. The first kappa shape index (κ1) is 21.7. The van der Waals surface area contributed by atoms with Crippen molar-refractivity contribution in [3.05, 3.63) is 64.0 Å². The molecule has 3 N–H and O–H groups in total. The largest absolute Gasteiger partial charge is 0.376 e. The number of hydrogen-bond acceptors (Lipinski definition) is 5. The molecule has 0 bridgehead atoms. The van der Waals surface area contributed by atoms with Gasteiger partial charge in [-0.1, -0.05) is 29.8 Å². The Bertz CT molecular complexity index is 1120. The number of anilines is 1. The molecule has 1 saturated heterocycles. The number of fused-ring (bicyclic) bond motifs is 1. The summed E-state index contributed by atoms with van der Waals surface area (Å²) in [6, 6.07) is 14.4. The average molecular weight is 474 g/mol. The van der Waals surface area contributed by atoms with Crippen LogP contribution in [0, 0.1) is 0 Å². The van der Waals surface area contributed by atoms with Gasteiger partial charge in [0.1, 0.15) is 4.88 Å². The number of ether oxygens (including phenoxy) is 1. The van der Waals surface area contributed by atoms with Crippen LogP contribution in [0.4, 0.5) is 5.69 Å². The summed E-state index contributed by atoms with van der Waals surface area (Å²) in [6.07, 6.45) is 2.10. The number of carbonyl (C=O) groups excluding carboxylic acids is 2. The summed E-state index contributed by atoms with van der Waals surface area (Å²) < 4.78 is 6.44. The summed E-state index contributed by atoms with van der Waals surface area (Å²) >= 11 is 12.9. The summed E-state index contributed by atoms with van der Waals surface area (Å²) in [4.78, 5) is 25.3. The molecule has 2 amide bonds. The molecule has 3 aromatic rings. The predicted octanol–water partition coefficient (Wildman–Crippen LogP) is 4.59. The Hall–Kier alpha value is -2.52. The van der Waals surface area contributed by atoms with Crippen LogP contribution in [0.25, 0.3) is 10.1 Å². The smallest absolute Gasteiger partial charge is 0.269 e. The molecule has 6 nitrogen and oxygen atoms in total. The van der Waals surface area contributed by atoms with Crippen molar-refractivity contribution >= 4 is 67.9 Å². The minimum atomic E-state index is -0.367. The van der Waals surface area contributed by atoms with Gasteiger partial charge in [0.15, 0.2) is 5.11 Å². The molecule has 1 atom stereocenters. The number of rotatable bonds is 5. The lowest BCUT2D eigenvalue weighted by molar-refractivity contribution is 0.0857. The molecular formula is C22H20ClN3O3S2. The Morgan fingerprint density at radius 1 is 1.13 bits per heavy atom. The Labute approximate surface area is 193 Å². The number of nitrogens with one attached hydrogen (secondary N) is 3. The van der Waals surface area contributed by atoms with E-state index in [0.29, 0.717) is 27.7 Å². The van der Waals surface area contributed by atoms with Gasteiger partial charge in [-0.3, -0.25) is 14.9 Å². The van der Waals surface area contributed by atoms with E-state index in [1.54, 1.807) is 24.3 Å². The van der Waals surface area contributed by atoms with E-state index in [0.717, 1.165) is 29.5 Å². The normalized spacial score (nSPS) is 15.6. The monoisotopic (exact) mass is 473 g/mol. The van der Waals surface area contributed by atoms with E-state index >= 15 is 0 Å². The van der Waals surface area contributed by atoms with E-state index in [9.17, 15) is 9.59 Å². The Morgan fingerprint density at radius 2 is 1.90 bits per heavy atom. The molecule has 1 fully saturated rings. The van der Waals surface area contributed by atoms with Crippen LogP contribution in [-0.2, 0) is 4.74 Å². The number of thiophene rings is 1. The summed E-state index contributed by atoms with van der Waals surface area (Å²) in [5.74, 6) is -0.522. The van der Waals surface area contributed by atoms with Gasteiger partial charge in [0.25, 0.3) is 11.8 Å². The Kier molecular flexibility index (Phi) is 6.82. The topological polar surface area (TPSA) is 79.5 Å². The number of hydrogen-bond donors (Lipinski definition) is 3. The predicted molar refractivity (Wildman–Crippen MR) is 128 cm³/mol. The zero-order chi connectivity index (χ0) is 21.8.